The normalized spacial score (nSPS) is 11.6. The summed E-state index contributed by atoms with van der Waals surface area (Å²) in [6.45, 7) is 4.13. The molecule has 0 atom stereocenters. The van der Waals surface area contributed by atoms with Gasteiger partial charge in [0.25, 0.3) is 0 Å². The maximum Gasteiger partial charge on any atom is 0.243 e. The summed E-state index contributed by atoms with van der Waals surface area (Å²) in [4.78, 5) is 0.261. The molecular formula is C18H20ClN3O2S. The van der Waals surface area contributed by atoms with Gasteiger partial charge < -0.3 is 5.32 Å². The van der Waals surface area contributed by atoms with E-state index in [4.69, 9.17) is 16.9 Å². The summed E-state index contributed by atoms with van der Waals surface area (Å²) < 4.78 is 26.2. The molecule has 0 aliphatic carbocycles. The number of benzene rings is 2. The molecule has 1 N–H and O–H groups in total. The third-order valence-corrected chi connectivity index (χ3v) is 6.20. The molecule has 5 nitrogen and oxygen atoms in total. The highest BCUT2D eigenvalue weighted by molar-refractivity contribution is 7.89. The van der Waals surface area contributed by atoms with Crippen molar-refractivity contribution in [2.75, 3.05) is 12.4 Å². The van der Waals surface area contributed by atoms with Gasteiger partial charge >= 0.3 is 0 Å². The lowest BCUT2D eigenvalue weighted by Gasteiger charge is -2.21. The zero-order valence-corrected chi connectivity index (χ0v) is 15.9. The Balaban J connectivity index is 2.13. The Labute approximate surface area is 153 Å². The molecule has 132 valence electrons. The van der Waals surface area contributed by atoms with Crippen LogP contribution in [0.4, 0.5) is 5.69 Å². The predicted molar refractivity (Wildman–Crippen MR) is 100 cm³/mol. The predicted octanol–water partition coefficient (Wildman–Crippen LogP) is 3.85. The Kier molecular flexibility index (Phi) is 6.07. The minimum atomic E-state index is -3.48. The van der Waals surface area contributed by atoms with E-state index >= 15 is 0 Å². The zero-order valence-electron chi connectivity index (χ0n) is 14.3. The van der Waals surface area contributed by atoms with Crippen molar-refractivity contribution in [1.29, 1.82) is 5.26 Å². The molecule has 0 saturated carbocycles. The van der Waals surface area contributed by atoms with Crippen molar-refractivity contribution in [3.63, 3.8) is 0 Å². The summed E-state index contributed by atoms with van der Waals surface area (Å²) in [6, 6.07) is 13.7. The van der Waals surface area contributed by atoms with Gasteiger partial charge in [-0.15, -0.1) is 0 Å². The number of hydrogen-bond acceptors (Lipinski definition) is 4. The van der Waals surface area contributed by atoms with Gasteiger partial charge in [0, 0.05) is 24.7 Å². The fraction of sp³-hybridized carbons (Fsp3) is 0.278. The second-order valence-corrected chi connectivity index (χ2v) is 8.35. The first kappa shape index (κ1) is 19.3. The molecule has 0 aliphatic rings. The Morgan fingerprint density at radius 3 is 2.40 bits per heavy atom. The van der Waals surface area contributed by atoms with Gasteiger partial charge in [0.05, 0.1) is 16.1 Å². The summed E-state index contributed by atoms with van der Waals surface area (Å²) in [6.07, 6.45) is 0. The van der Waals surface area contributed by atoms with E-state index in [1.807, 2.05) is 13.8 Å². The van der Waals surface area contributed by atoms with Crippen LogP contribution in [0.15, 0.2) is 47.4 Å². The number of halogens is 1. The Morgan fingerprint density at radius 2 is 1.84 bits per heavy atom. The van der Waals surface area contributed by atoms with Crippen LogP contribution in [-0.2, 0) is 16.6 Å². The van der Waals surface area contributed by atoms with Crippen LogP contribution in [0.3, 0.4) is 0 Å². The molecule has 0 heterocycles. The molecule has 0 spiro atoms. The number of hydrogen-bond donors (Lipinski definition) is 1. The topological polar surface area (TPSA) is 73.2 Å². The molecule has 0 fully saturated rings. The minimum absolute atomic E-state index is 0.111. The Bertz CT molecular complexity index is 888. The average Bonchev–Trinajstić information content (AvgIpc) is 2.60. The lowest BCUT2D eigenvalue weighted by Crippen LogP contribution is -2.33. The number of nitriles is 1. The standard InChI is InChI=1S/C18H20ClN3O2S/c1-13(2)22(3)25(23,24)17-7-4-14(5-8-17)12-21-18-9-6-16(19)10-15(18)11-20/h4-10,13,21H,12H2,1-3H3. The molecule has 0 amide bonds. The first-order valence-corrected chi connectivity index (χ1v) is 9.58. The van der Waals surface area contributed by atoms with Crippen molar-refractivity contribution < 1.29 is 8.42 Å². The molecular weight excluding hydrogens is 358 g/mol. The van der Waals surface area contributed by atoms with E-state index in [-0.39, 0.29) is 10.9 Å². The molecule has 0 bridgehead atoms. The van der Waals surface area contributed by atoms with Crippen LogP contribution in [0, 0.1) is 11.3 Å². The zero-order chi connectivity index (χ0) is 18.6. The van der Waals surface area contributed by atoms with Gasteiger partial charge in [-0.1, -0.05) is 23.7 Å². The van der Waals surface area contributed by atoms with E-state index in [1.165, 1.54) is 4.31 Å². The van der Waals surface area contributed by atoms with Crippen molar-refractivity contribution in [2.24, 2.45) is 0 Å². The SMILES string of the molecule is CC(C)N(C)S(=O)(=O)c1ccc(CNc2ccc(Cl)cc2C#N)cc1. The summed E-state index contributed by atoms with van der Waals surface area (Å²) in [5, 5.41) is 12.8. The number of rotatable bonds is 6. The van der Waals surface area contributed by atoms with Crippen LogP contribution in [0.25, 0.3) is 0 Å². The first-order valence-electron chi connectivity index (χ1n) is 7.76. The highest BCUT2D eigenvalue weighted by Crippen LogP contribution is 2.21. The first-order chi connectivity index (χ1) is 11.8. The molecule has 2 aromatic carbocycles. The van der Waals surface area contributed by atoms with Crippen LogP contribution in [0.2, 0.25) is 5.02 Å². The maximum absolute atomic E-state index is 12.4. The van der Waals surface area contributed by atoms with Crippen molar-refractivity contribution >= 4 is 27.3 Å². The molecule has 0 radical (unpaired) electrons. The lowest BCUT2D eigenvalue weighted by atomic mass is 10.1. The van der Waals surface area contributed by atoms with Crippen LogP contribution >= 0.6 is 11.6 Å². The van der Waals surface area contributed by atoms with Gasteiger partial charge in [-0.2, -0.15) is 9.57 Å². The van der Waals surface area contributed by atoms with E-state index in [1.54, 1.807) is 49.5 Å². The number of nitrogens with one attached hydrogen (secondary N) is 1. The smallest absolute Gasteiger partial charge is 0.243 e. The van der Waals surface area contributed by atoms with Crippen molar-refractivity contribution in [3.8, 4) is 6.07 Å². The molecule has 2 aromatic rings. The van der Waals surface area contributed by atoms with Gasteiger partial charge in [-0.25, -0.2) is 8.42 Å². The summed E-state index contributed by atoms with van der Waals surface area (Å²) in [7, 11) is -1.91. The van der Waals surface area contributed by atoms with E-state index in [9.17, 15) is 8.42 Å². The van der Waals surface area contributed by atoms with E-state index < -0.39 is 10.0 Å². The summed E-state index contributed by atoms with van der Waals surface area (Å²) in [5.41, 5.74) is 2.05. The fourth-order valence-electron chi connectivity index (χ4n) is 2.18. The molecule has 0 aromatic heterocycles. The number of sulfonamides is 1. The molecule has 0 unspecified atom stereocenters. The van der Waals surface area contributed by atoms with Crippen LogP contribution in [-0.4, -0.2) is 25.8 Å². The average molecular weight is 378 g/mol. The molecule has 25 heavy (non-hydrogen) atoms. The van der Waals surface area contributed by atoms with Gasteiger partial charge in [-0.05, 0) is 49.7 Å². The maximum atomic E-state index is 12.4. The third kappa shape index (κ3) is 4.51. The third-order valence-electron chi connectivity index (χ3n) is 3.91. The quantitative estimate of drug-likeness (QED) is 0.829. The van der Waals surface area contributed by atoms with Crippen molar-refractivity contribution in [3.05, 3.63) is 58.6 Å². The highest BCUT2D eigenvalue weighted by Gasteiger charge is 2.22. The second kappa shape index (κ2) is 7.87. The minimum Gasteiger partial charge on any atom is -0.380 e. The van der Waals surface area contributed by atoms with Crippen LogP contribution in [0.5, 0.6) is 0 Å². The molecule has 7 heteroatoms. The molecule has 0 saturated heterocycles. The molecule has 2 rings (SSSR count). The summed E-state index contributed by atoms with van der Waals surface area (Å²) in [5.74, 6) is 0. The van der Waals surface area contributed by atoms with E-state index in [2.05, 4.69) is 11.4 Å². The van der Waals surface area contributed by atoms with Gasteiger partial charge in [0.15, 0.2) is 0 Å². The largest absolute Gasteiger partial charge is 0.380 e. The lowest BCUT2D eigenvalue weighted by molar-refractivity contribution is 0.410. The van der Waals surface area contributed by atoms with E-state index in [0.29, 0.717) is 22.8 Å². The van der Waals surface area contributed by atoms with Crippen molar-refractivity contribution in [2.45, 2.75) is 31.3 Å². The second-order valence-electron chi connectivity index (χ2n) is 5.91. The van der Waals surface area contributed by atoms with E-state index in [0.717, 1.165) is 5.56 Å². The molecule has 0 aliphatic heterocycles. The van der Waals surface area contributed by atoms with Crippen molar-refractivity contribution in [1.82, 2.24) is 4.31 Å². The fourth-order valence-corrected chi connectivity index (χ4v) is 3.72. The number of nitrogens with zero attached hydrogens (tertiary/aromatic N) is 2. The monoisotopic (exact) mass is 377 g/mol. The Hall–Kier alpha value is -2.07. The van der Waals surface area contributed by atoms with Gasteiger partial charge in [0.1, 0.15) is 6.07 Å². The summed E-state index contributed by atoms with van der Waals surface area (Å²) >= 11 is 5.88. The van der Waals surface area contributed by atoms with Crippen LogP contribution < -0.4 is 5.32 Å². The van der Waals surface area contributed by atoms with Crippen LogP contribution in [0.1, 0.15) is 25.0 Å². The van der Waals surface area contributed by atoms with Gasteiger partial charge in [-0.3, -0.25) is 0 Å². The Morgan fingerprint density at radius 1 is 1.20 bits per heavy atom. The van der Waals surface area contributed by atoms with Gasteiger partial charge in [0.2, 0.25) is 10.0 Å². The highest BCUT2D eigenvalue weighted by atomic mass is 35.5. The number of anilines is 1.